The Morgan fingerprint density at radius 1 is 1.27 bits per heavy atom. The molecule has 1 saturated carbocycles. The maximum absolute atomic E-state index is 12.7. The molecule has 1 fully saturated rings. The van der Waals surface area contributed by atoms with E-state index in [-0.39, 0.29) is 11.3 Å². The normalized spacial score (nSPS) is 16.2. The summed E-state index contributed by atoms with van der Waals surface area (Å²) in [5.41, 5.74) is -0.303. The number of carbonyl (C=O) groups excluding carboxylic acids is 1. The summed E-state index contributed by atoms with van der Waals surface area (Å²) in [5, 5.41) is 16.5. The van der Waals surface area contributed by atoms with Gasteiger partial charge in [-0.25, -0.2) is 0 Å². The van der Waals surface area contributed by atoms with E-state index in [4.69, 9.17) is 0 Å². The quantitative estimate of drug-likeness (QED) is 0.253. The summed E-state index contributed by atoms with van der Waals surface area (Å²) in [6.07, 6.45) is 7.96. The van der Waals surface area contributed by atoms with Crippen molar-refractivity contribution in [3.63, 3.8) is 0 Å². The molecule has 30 heavy (non-hydrogen) atoms. The Morgan fingerprint density at radius 2 is 1.97 bits per heavy atom. The Kier molecular flexibility index (Phi) is 9.45. The first-order valence-corrected chi connectivity index (χ1v) is 12.2. The van der Waals surface area contributed by atoms with Gasteiger partial charge >= 0.3 is 0 Å². The van der Waals surface area contributed by atoms with Crippen molar-refractivity contribution in [1.82, 2.24) is 30.3 Å². The molecule has 0 bridgehead atoms. The van der Waals surface area contributed by atoms with Crippen LogP contribution in [0.15, 0.2) is 10.1 Å². The largest absolute Gasteiger partial charge is 0.356 e. The van der Waals surface area contributed by atoms with Crippen LogP contribution >= 0.6 is 11.8 Å². The number of nitrogens with zero attached hydrogens (tertiary/aromatic N) is 5. The molecular weight excluding hydrogens is 398 g/mol. The van der Waals surface area contributed by atoms with Gasteiger partial charge in [0.05, 0.1) is 5.41 Å². The smallest absolute Gasteiger partial charge is 0.230 e. The third kappa shape index (κ3) is 6.36. The number of amides is 1. The van der Waals surface area contributed by atoms with Crippen molar-refractivity contribution in [3.05, 3.63) is 5.82 Å². The van der Waals surface area contributed by atoms with Gasteiger partial charge in [0, 0.05) is 47.2 Å². The van der Waals surface area contributed by atoms with Crippen LogP contribution in [0.2, 0.25) is 0 Å². The second-order valence-electron chi connectivity index (χ2n) is 8.75. The molecule has 0 aliphatic heterocycles. The Labute approximate surface area is 185 Å². The fourth-order valence-corrected chi connectivity index (χ4v) is 4.65. The zero-order valence-electron chi connectivity index (χ0n) is 19.5. The van der Waals surface area contributed by atoms with Crippen LogP contribution in [-0.2, 0) is 17.8 Å². The molecule has 1 amide bonds. The third-order valence-corrected chi connectivity index (χ3v) is 6.30. The molecule has 0 spiro atoms. The van der Waals surface area contributed by atoms with E-state index in [2.05, 4.69) is 44.2 Å². The van der Waals surface area contributed by atoms with Crippen molar-refractivity contribution in [2.24, 2.45) is 16.3 Å². The molecule has 0 atom stereocenters. The van der Waals surface area contributed by atoms with Gasteiger partial charge in [0.15, 0.2) is 11.1 Å². The van der Waals surface area contributed by atoms with Crippen molar-refractivity contribution in [2.45, 2.75) is 64.1 Å². The summed E-state index contributed by atoms with van der Waals surface area (Å²) in [7, 11) is 5.46. The molecule has 0 radical (unpaired) electrons. The molecular formula is C21H39N7OS. The van der Waals surface area contributed by atoms with Crippen LogP contribution < -0.4 is 10.6 Å². The van der Waals surface area contributed by atoms with Gasteiger partial charge < -0.3 is 20.1 Å². The van der Waals surface area contributed by atoms with Crippen molar-refractivity contribution in [3.8, 4) is 0 Å². The average Bonchev–Trinajstić information content (AvgIpc) is 3.34. The summed E-state index contributed by atoms with van der Waals surface area (Å²) in [4.78, 5) is 18.8. The van der Waals surface area contributed by atoms with Crippen molar-refractivity contribution in [2.75, 3.05) is 40.5 Å². The van der Waals surface area contributed by atoms with E-state index >= 15 is 0 Å². The number of hydrogen-bond acceptors (Lipinski definition) is 5. The van der Waals surface area contributed by atoms with Crippen LogP contribution in [0.1, 0.15) is 51.8 Å². The van der Waals surface area contributed by atoms with E-state index in [0.29, 0.717) is 12.5 Å². The standard InChI is InChI=1S/C21H39N7OS/c1-16(2)14-28-17(25-26-20(28)30-6)10-9-13-23-19(22-3)24-15-21(11-7-8-12-21)18(29)27(4)5/h16H,7-15H2,1-6H3,(H2,22,23,24). The number of hydrogen-bond donors (Lipinski definition) is 2. The summed E-state index contributed by atoms with van der Waals surface area (Å²) >= 11 is 1.64. The van der Waals surface area contributed by atoms with Crippen LogP contribution in [0.3, 0.4) is 0 Å². The number of rotatable bonds is 10. The highest BCUT2D eigenvalue weighted by molar-refractivity contribution is 7.98. The predicted molar refractivity (Wildman–Crippen MR) is 124 cm³/mol. The van der Waals surface area contributed by atoms with E-state index in [1.54, 1.807) is 23.7 Å². The molecule has 1 aromatic heterocycles. The van der Waals surface area contributed by atoms with Gasteiger partial charge in [-0.15, -0.1) is 10.2 Å². The first-order valence-electron chi connectivity index (χ1n) is 11.0. The Bertz CT molecular complexity index is 708. The average molecular weight is 438 g/mol. The van der Waals surface area contributed by atoms with Crippen molar-refractivity contribution >= 4 is 23.6 Å². The molecule has 1 aliphatic rings. The van der Waals surface area contributed by atoms with Crippen LogP contribution in [0.4, 0.5) is 0 Å². The predicted octanol–water partition coefficient (Wildman–Crippen LogP) is 2.40. The fourth-order valence-electron chi connectivity index (χ4n) is 4.12. The van der Waals surface area contributed by atoms with E-state index in [1.165, 1.54) is 0 Å². The molecule has 0 unspecified atom stereocenters. The number of carbonyl (C=O) groups is 1. The Balaban J connectivity index is 1.84. The summed E-state index contributed by atoms with van der Waals surface area (Å²) < 4.78 is 2.24. The minimum atomic E-state index is -0.303. The molecule has 2 rings (SSSR count). The highest BCUT2D eigenvalue weighted by Crippen LogP contribution is 2.38. The van der Waals surface area contributed by atoms with Gasteiger partial charge in [0.1, 0.15) is 5.82 Å². The molecule has 0 saturated heterocycles. The molecule has 1 aromatic rings. The van der Waals surface area contributed by atoms with Gasteiger partial charge in [0.25, 0.3) is 0 Å². The van der Waals surface area contributed by atoms with Gasteiger partial charge in [-0.1, -0.05) is 38.5 Å². The summed E-state index contributed by atoms with van der Waals surface area (Å²) in [5.74, 6) is 2.57. The molecule has 1 aliphatic carbocycles. The number of aliphatic imine (C=N–C) groups is 1. The number of aryl methyl sites for hydroxylation is 1. The second kappa shape index (κ2) is 11.6. The maximum Gasteiger partial charge on any atom is 0.230 e. The number of aromatic nitrogens is 3. The topological polar surface area (TPSA) is 87.4 Å². The Hall–Kier alpha value is -1.77. The van der Waals surface area contributed by atoms with Crippen LogP contribution in [-0.4, -0.2) is 72.0 Å². The van der Waals surface area contributed by atoms with Gasteiger partial charge in [0.2, 0.25) is 5.91 Å². The number of nitrogens with one attached hydrogen (secondary N) is 2. The summed E-state index contributed by atoms with van der Waals surface area (Å²) in [6.45, 7) is 6.78. The minimum absolute atomic E-state index is 0.219. The highest BCUT2D eigenvalue weighted by atomic mass is 32.2. The minimum Gasteiger partial charge on any atom is -0.356 e. The second-order valence-corrected chi connectivity index (χ2v) is 9.52. The van der Waals surface area contributed by atoms with Crippen molar-refractivity contribution < 1.29 is 4.79 Å². The summed E-state index contributed by atoms with van der Waals surface area (Å²) in [6, 6.07) is 0. The van der Waals surface area contributed by atoms with E-state index < -0.39 is 0 Å². The number of guanidine groups is 1. The van der Waals surface area contributed by atoms with Gasteiger partial charge in [-0.05, 0) is 31.4 Å². The SMILES string of the molecule is CN=C(NCCCc1nnc(SC)n1CC(C)C)NCC1(C(=O)N(C)C)CCCC1. The molecule has 9 heteroatoms. The first-order chi connectivity index (χ1) is 14.3. The van der Waals surface area contributed by atoms with Crippen LogP contribution in [0.5, 0.6) is 0 Å². The highest BCUT2D eigenvalue weighted by Gasteiger charge is 2.42. The fraction of sp³-hybridized carbons (Fsp3) is 0.810. The number of thioether (sulfide) groups is 1. The molecule has 1 heterocycles. The lowest BCUT2D eigenvalue weighted by atomic mass is 9.84. The van der Waals surface area contributed by atoms with E-state index in [9.17, 15) is 4.79 Å². The van der Waals surface area contributed by atoms with Crippen LogP contribution in [0.25, 0.3) is 0 Å². The van der Waals surface area contributed by atoms with E-state index in [1.807, 2.05) is 20.4 Å². The maximum atomic E-state index is 12.7. The molecule has 2 N–H and O–H groups in total. The van der Waals surface area contributed by atoms with Gasteiger partial charge in [-0.3, -0.25) is 9.79 Å². The zero-order chi connectivity index (χ0) is 22.1. The molecule has 170 valence electrons. The monoisotopic (exact) mass is 437 g/mol. The lowest BCUT2D eigenvalue weighted by Gasteiger charge is -2.31. The lowest BCUT2D eigenvalue weighted by molar-refractivity contribution is -0.138. The first kappa shape index (κ1) is 24.5. The Morgan fingerprint density at radius 3 is 2.53 bits per heavy atom. The lowest BCUT2D eigenvalue weighted by Crippen LogP contribution is -2.49. The van der Waals surface area contributed by atoms with E-state index in [0.717, 1.165) is 68.6 Å². The molecule has 8 nitrogen and oxygen atoms in total. The third-order valence-electron chi connectivity index (χ3n) is 5.63. The van der Waals surface area contributed by atoms with Crippen molar-refractivity contribution in [1.29, 1.82) is 0 Å². The van der Waals surface area contributed by atoms with Gasteiger partial charge in [-0.2, -0.15) is 0 Å². The zero-order valence-corrected chi connectivity index (χ0v) is 20.3. The van der Waals surface area contributed by atoms with Crippen LogP contribution in [0, 0.1) is 11.3 Å². The molecule has 0 aromatic carbocycles.